The standard InChI is InChI=1S/2CHF3O3S.Cd/c2*2-1(3,4)8(5,6)7;/h2*(H,5,6,7);/q;;+2/p-2. The van der Waals surface area contributed by atoms with Crippen molar-refractivity contribution in [3.05, 3.63) is 0 Å². The fourth-order valence-electron chi connectivity index (χ4n) is 0. The Morgan fingerprint density at radius 3 is 0.706 bits per heavy atom. The van der Waals surface area contributed by atoms with Gasteiger partial charge in [-0.2, -0.15) is 26.3 Å². The van der Waals surface area contributed by atoms with Crippen LogP contribution in [0.15, 0.2) is 0 Å². The molecule has 0 aliphatic rings. The summed E-state index contributed by atoms with van der Waals surface area (Å²) in [6.07, 6.45) is 0. The molecule has 0 aromatic rings. The molecule has 0 bridgehead atoms. The van der Waals surface area contributed by atoms with E-state index in [1.54, 1.807) is 0 Å². The summed E-state index contributed by atoms with van der Waals surface area (Å²) in [6.45, 7) is 0. The molecule has 0 aromatic heterocycles. The first-order valence-corrected chi connectivity index (χ1v) is 5.36. The molecule has 0 unspecified atom stereocenters. The first-order valence-electron chi connectivity index (χ1n) is 2.54. The minimum absolute atomic E-state index is 0. The Morgan fingerprint density at radius 2 is 0.706 bits per heavy atom. The van der Waals surface area contributed by atoms with E-state index in [0.29, 0.717) is 0 Å². The van der Waals surface area contributed by atoms with E-state index in [9.17, 15) is 26.3 Å². The average molecular weight is 411 g/mol. The van der Waals surface area contributed by atoms with E-state index in [-0.39, 0.29) is 27.3 Å². The molecule has 0 N–H and O–H groups in total. The summed E-state index contributed by atoms with van der Waals surface area (Å²) in [5.41, 5.74) is -11.3. The molecule has 0 fully saturated rings. The van der Waals surface area contributed by atoms with Gasteiger partial charge in [-0.05, 0) is 0 Å². The van der Waals surface area contributed by atoms with Crippen molar-refractivity contribution in [3.63, 3.8) is 0 Å². The van der Waals surface area contributed by atoms with E-state index < -0.39 is 31.3 Å². The van der Waals surface area contributed by atoms with Gasteiger partial charge in [0.25, 0.3) is 0 Å². The third kappa shape index (κ3) is 9.97. The zero-order chi connectivity index (χ0) is 14.0. The first kappa shape index (κ1) is 22.5. The van der Waals surface area contributed by atoms with E-state index in [2.05, 4.69) is 0 Å². The van der Waals surface area contributed by atoms with Gasteiger partial charge in [-0.25, -0.2) is 16.8 Å². The van der Waals surface area contributed by atoms with Crippen molar-refractivity contribution in [2.75, 3.05) is 0 Å². The van der Waals surface area contributed by atoms with Crippen molar-refractivity contribution in [3.8, 4) is 0 Å². The van der Waals surface area contributed by atoms with Gasteiger partial charge in [-0.1, -0.05) is 0 Å². The van der Waals surface area contributed by atoms with Crippen molar-refractivity contribution >= 4 is 20.2 Å². The molecule has 0 rings (SSSR count). The van der Waals surface area contributed by atoms with Gasteiger partial charge in [0.15, 0.2) is 20.2 Å². The largest absolute Gasteiger partial charge is 2.00 e. The van der Waals surface area contributed by atoms with Gasteiger partial charge >= 0.3 is 38.3 Å². The number of rotatable bonds is 0. The van der Waals surface area contributed by atoms with Crippen LogP contribution in [0, 0.1) is 0 Å². The summed E-state index contributed by atoms with van der Waals surface area (Å²) in [6, 6.07) is 0. The van der Waals surface area contributed by atoms with E-state index in [4.69, 9.17) is 25.9 Å². The minimum atomic E-state index is -6.09. The van der Waals surface area contributed by atoms with Crippen LogP contribution in [0.2, 0.25) is 0 Å². The van der Waals surface area contributed by atoms with Crippen LogP contribution < -0.4 is 0 Å². The van der Waals surface area contributed by atoms with Crippen LogP contribution in [-0.2, 0) is 47.5 Å². The number of alkyl halides is 6. The van der Waals surface area contributed by atoms with Crippen LogP contribution in [0.3, 0.4) is 0 Å². The zero-order valence-electron chi connectivity index (χ0n) is 7.24. The molecular weight excluding hydrogens is 411 g/mol. The Morgan fingerprint density at radius 1 is 0.647 bits per heavy atom. The molecular formula is C2CdF6O6S2. The maximum Gasteiger partial charge on any atom is 2.00 e. The summed E-state index contributed by atoms with van der Waals surface area (Å²) < 4.78 is 118. The number of hydrogen-bond acceptors (Lipinski definition) is 6. The molecule has 0 aliphatic carbocycles. The zero-order valence-corrected chi connectivity index (χ0v) is 12.9. The summed E-state index contributed by atoms with van der Waals surface area (Å²) in [4.78, 5) is 0. The molecule has 6 nitrogen and oxygen atoms in total. The van der Waals surface area contributed by atoms with Crippen LogP contribution >= 0.6 is 0 Å². The van der Waals surface area contributed by atoms with Crippen molar-refractivity contribution in [2.45, 2.75) is 11.0 Å². The Balaban J connectivity index is -0.000000218. The van der Waals surface area contributed by atoms with Gasteiger partial charge < -0.3 is 9.11 Å². The van der Waals surface area contributed by atoms with Gasteiger partial charge in [0.2, 0.25) is 0 Å². The number of halogens is 6. The summed E-state index contributed by atoms with van der Waals surface area (Å²) >= 11 is 0. The molecule has 0 amide bonds. The Labute approximate surface area is 111 Å². The second-order valence-corrected chi connectivity index (χ2v) is 4.54. The Kier molecular flexibility index (Phi) is 8.57. The van der Waals surface area contributed by atoms with Crippen molar-refractivity contribution in [1.82, 2.24) is 0 Å². The van der Waals surface area contributed by atoms with Crippen LogP contribution in [-0.4, -0.2) is 37.0 Å². The van der Waals surface area contributed by atoms with Gasteiger partial charge in [0.1, 0.15) is 0 Å². The second kappa shape index (κ2) is 6.48. The normalized spacial score (nSPS) is 13.2. The van der Waals surface area contributed by atoms with E-state index in [0.717, 1.165) is 0 Å². The summed E-state index contributed by atoms with van der Waals surface area (Å²) in [5, 5.41) is 0. The molecule has 0 radical (unpaired) electrons. The predicted molar refractivity (Wildman–Crippen MR) is 31.5 cm³/mol. The predicted octanol–water partition coefficient (Wildman–Crippen LogP) is 0.100. The van der Waals surface area contributed by atoms with Gasteiger partial charge in [0, 0.05) is 0 Å². The Bertz CT molecular complexity index is 374. The van der Waals surface area contributed by atoms with Crippen molar-refractivity contribution < 1.29 is 79.6 Å². The number of hydrogen-bond donors (Lipinski definition) is 0. The maximum atomic E-state index is 10.7. The van der Waals surface area contributed by atoms with Crippen LogP contribution in [0.25, 0.3) is 0 Å². The molecule has 17 heavy (non-hydrogen) atoms. The van der Waals surface area contributed by atoms with E-state index >= 15 is 0 Å². The first-order chi connectivity index (χ1) is 6.50. The van der Waals surface area contributed by atoms with Crippen molar-refractivity contribution in [1.29, 1.82) is 0 Å². The van der Waals surface area contributed by atoms with Crippen LogP contribution in [0.1, 0.15) is 0 Å². The summed E-state index contributed by atoms with van der Waals surface area (Å²) in [5.74, 6) is 0. The van der Waals surface area contributed by atoms with Crippen molar-refractivity contribution in [2.24, 2.45) is 0 Å². The Hall–Kier alpha value is 0.322. The molecule has 0 spiro atoms. The molecule has 100 valence electrons. The quantitative estimate of drug-likeness (QED) is 0.242. The molecule has 0 saturated carbocycles. The van der Waals surface area contributed by atoms with Crippen LogP contribution in [0.4, 0.5) is 26.3 Å². The molecule has 15 heteroatoms. The maximum absolute atomic E-state index is 10.7. The fourth-order valence-corrected chi connectivity index (χ4v) is 0. The average Bonchev–Trinajstić information content (AvgIpc) is 1.77. The van der Waals surface area contributed by atoms with Crippen LogP contribution in [0.5, 0.6) is 0 Å². The third-order valence-electron chi connectivity index (χ3n) is 0.567. The fraction of sp³-hybridized carbons (Fsp3) is 1.00. The second-order valence-electron chi connectivity index (χ2n) is 1.80. The molecule has 0 aliphatic heterocycles. The van der Waals surface area contributed by atoms with Gasteiger partial charge in [0.05, 0.1) is 0 Å². The molecule has 0 aromatic carbocycles. The molecule has 0 atom stereocenters. The summed E-state index contributed by atoms with van der Waals surface area (Å²) in [7, 11) is -12.2. The van der Waals surface area contributed by atoms with E-state index in [1.807, 2.05) is 0 Å². The smallest absolute Gasteiger partial charge is 0.741 e. The van der Waals surface area contributed by atoms with E-state index in [1.165, 1.54) is 0 Å². The monoisotopic (exact) mass is 412 g/mol. The SMILES string of the molecule is O=S(=O)([O-])C(F)(F)F.O=S(=O)([O-])C(F)(F)F.[Cd+2]. The minimum Gasteiger partial charge on any atom is -0.741 e. The third-order valence-corrected chi connectivity index (χ3v) is 1.70. The van der Waals surface area contributed by atoms with Gasteiger partial charge in [-0.3, -0.25) is 0 Å². The van der Waals surface area contributed by atoms with Gasteiger partial charge in [-0.15, -0.1) is 0 Å². The molecule has 0 heterocycles. The topological polar surface area (TPSA) is 114 Å². The molecule has 0 saturated heterocycles.